The molecule has 1 atom stereocenters. The van der Waals surface area contributed by atoms with Crippen LogP contribution in [0.1, 0.15) is 13.3 Å². The number of nitrogens with zero attached hydrogens (tertiary/aromatic N) is 1. The lowest BCUT2D eigenvalue weighted by molar-refractivity contribution is -0.145. The molecule has 20 heavy (non-hydrogen) atoms. The third-order valence-electron chi connectivity index (χ3n) is 2.78. The van der Waals surface area contributed by atoms with E-state index in [9.17, 15) is 14.2 Å². The minimum absolute atomic E-state index is 0.0911. The van der Waals surface area contributed by atoms with Gasteiger partial charge in [0.1, 0.15) is 5.71 Å². The van der Waals surface area contributed by atoms with Gasteiger partial charge in [-0.2, -0.15) is 5.10 Å². The lowest BCUT2D eigenvalue weighted by Crippen LogP contribution is -2.48. The van der Waals surface area contributed by atoms with Crippen molar-refractivity contribution < 1.29 is 32.7 Å². The van der Waals surface area contributed by atoms with Crippen molar-refractivity contribution >= 4 is 25.2 Å². The summed E-state index contributed by atoms with van der Waals surface area (Å²) in [6.45, 7) is 1.78. The fourth-order valence-electron chi connectivity index (χ4n) is 1.76. The summed E-state index contributed by atoms with van der Waals surface area (Å²) in [5, 5.41) is 1.80. The van der Waals surface area contributed by atoms with Crippen LogP contribution < -0.4 is 5.43 Å². The van der Waals surface area contributed by atoms with E-state index in [1.807, 2.05) is 0 Å². The first kappa shape index (κ1) is 16.6. The molecule has 0 spiro atoms. The topological polar surface area (TPSA) is 113 Å². The normalized spacial score (nSPS) is 21.9. The van der Waals surface area contributed by atoms with Crippen molar-refractivity contribution in [2.45, 2.75) is 18.6 Å². The van der Waals surface area contributed by atoms with Crippen LogP contribution in [0.4, 0.5) is 0 Å². The third-order valence-corrected chi connectivity index (χ3v) is 5.12. The fraction of sp³-hybridized carbons (Fsp3) is 0.700. The molecule has 1 aliphatic heterocycles. The smallest absolute Gasteiger partial charge is 0.368 e. The number of rotatable bonds is 6. The lowest BCUT2D eigenvalue weighted by atomic mass is 10.1. The Morgan fingerprint density at radius 3 is 2.40 bits per heavy atom. The van der Waals surface area contributed by atoms with Gasteiger partial charge in [0.15, 0.2) is 0 Å². The maximum absolute atomic E-state index is 12.6. The van der Waals surface area contributed by atoms with Gasteiger partial charge in [0.2, 0.25) is 0 Å². The van der Waals surface area contributed by atoms with E-state index in [1.165, 1.54) is 0 Å². The van der Waals surface area contributed by atoms with Crippen molar-refractivity contribution in [1.29, 1.82) is 0 Å². The highest BCUT2D eigenvalue weighted by molar-refractivity contribution is 7.56. The van der Waals surface area contributed by atoms with Crippen molar-refractivity contribution in [2.24, 2.45) is 5.10 Å². The first-order valence-corrected chi connectivity index (χ1v) is 7.26. The Bertz CT molecular complexity index is 470. The van der Waals surface area contributed by atoms with Gasteiger partial charge in [-0.15, -0.1) is 0 Å². The summed E-state index contributed by atoms with van der Waals surface area (Å²) in [6.07, 6.45) is -0.322. The highest BCUT2D eigenvalue weighted by atomic mass is 31.2. The van der Waals surface area contributed by atoms with E-state index in [0.717, 1.165) is 21.3 Å². The number of ether oxygens (including phenoxy) is 2. The third kappa shape index (κ3) is 2.56. The van der Waals surface area contributed by atoms with Crippen LogP contribution in [0.15, 0.2) is 5.10 Å². The molecule has 0 aromatic heterocycles. The van der Waals surface area contributed by atoms with E-state index in [1.54, 1.807) is 6.92 Å². The highest BCUT2D eigenvalue weighted by Gasteiger charge is 2.61. The molecular formula is C10H17N2O7P. The fourth-order valence-corrected chi connectivity index (χ4v) is 3.36. The summed E-state index contributed by atoms with van der Waals surface area (Å²) in [6, 6.07) is 0. The highest BCUT2D eigenvalue weighted by Crippen LogP contribution is 2.60. The Kier molecular flexibility index (Phi) is 5.27. The molecule has 0 radical (unpaired) electrons. The molecule has 0 saturated heterocycles. The molecule has 0 saturated carbocycles. The average molecular weight is 308 g/mol. The maximum Gasteiger partial charge on any atom is 0.368 e. The summed E-state index contributed by atoms with van der Waals surface area (Å²) in [7, 11) is -0.574. The summed E-state index contributed by atoms with van der Waals surface area (Å²) >= 11 is 0. The Labute approximate surface area is 116 Å². The molecule has 0 aromatic carbocycles. The summed E-state index contributed by atoms with van der Waals surface area (Å²) in [5.74, 6) is -1.63. The van der Waals surface area contributed by atoms with Crippen molar-refractivity contribution in [2.75, 3.05) is 27.9 Å². The second kappa shape index (κ2) is 6.34. The first-order chi connectivity index (χ1) is 9.40. The molecule has 0 amide bonds. The Hall–Kier alpha value is -1.44. The SMILES string of the molecule is CCOC(=O)C1=NNC(C(=O)OC)(P(=O)(OC)OC)C1. The molecule has 0 aromatic rings. The van der Waals surface area contributed by atoms with Gasteiger partial charge in [0, 0.05) is 20.6 Å². The van der Waals surface area contributed by atoms with Gasteiger partial charge in [-0.05, 0) is 6.92 Å². The summed E-state index contributed by atoms with van der Waals surface area (Å²) in [5.41, 5.74) is 2.26. The van der Waals surface area contributed by atoms with Crippen LogP contribution in [-0.2, 0) is 32.7 Å². The molecule has 9 nitrogen and oxygen atoms in total. The van der Waals surface area contributed by atoms with Gasteiger partial charge in [0.25, 0.3) is 5.28 Å². The van der Waals surface area contributed by atoms with E-state index < -0.39 is 24.8 Å². The van der Waals surface area contributed by atoms with Crippen LogP contribution >= 0.6 is 7.60 Å². The van der Waals surface area contributed by atoms with Gasteiger partial charge in [-0.3, -0.25) is 9.99 Å². The first-order valence-electron chi connectivity index (χ1n) is 5.71. The summed E-state index contributed by atoms with van der Waals surface area (Å²) < 4.78 is 31.6. The van der Waals surface area contributed by atoms with Crippen molar-refractivity contribution in [3.8, 4) is 0 Å². The number of carbonyl (C=O) groups excluding carboxylic acids is 2. The number of nitrogens with one attached hydrogen (secondary N) is 1. The monoisotopic (exact) mass is 308 g/mol. The zero-order chi connectivity index (χ0) is 15.4. The van der Waals surface area contributed by atoms with E-state index >= 15 is 0 Å². The Morgan fingerprint density at radius 1 is 1.35 bits per heavy atom. The minimum Gasteiger partial charge on any atom is -0.467 e. The van der Waals surface area contributed by atoms with Crippen LogP contribution in [-0.4, -0.2) is 50.9 Å². The van der Waals surface area contributed by atoms with Gasteiger partial charge < -0.3 is 18.5 Å². The molecule has 1 N–H and O–H groups in total. The van der Waals surface area contributed by atoms with Crippen LogP contribution in [0.25, 0.3) is 0 Å². The number of hydrogen-bond donors (Lipinski definition) is 1. The average Bonchev–Trinajstić information content (AvgIpc) is 2.92. The molecule has 1 unspecified atom stereocenters. The molecule has 1 heterocycles. The number of carbonyl (C=O) groups is 2. The summed E-state index contributed by atoms with van der Waals surface area (Å²) in [4.78, 5) is 23.6. The van der Waals surface area contributed by atoms with Crippen molar-refractivity contribution in [3.05, 3.63) is 0 Å². The van der Waals surface area contributed by atoms with Crippen molar-refractivity contribution in [3.63, 3.8) is 0 Å². The number of hydrazone groups is 1. The second-order valence-corrected chi connectivity index (χ2v) is 6.27. The van der Waals surface area contributed by atoms with Gasteiger partial charge in [-0.25, -0.2) is 9.59 Å². The Balaban J connectivity index is 3.12. The minimum atomic E-state index is -3.94. The number of methoxy groups -OCH3 is 1. The predicted octanol–water partition coefficient (Wildman–Crippen LogP) is 0.254. The van der Waals surface area contributed by atoms with E-state index in [4.69, 9.17) is 13.8 Å². The number of hydrogen-bond acceptors (Lipinski definition) is 9. The molecule has 0 aliphatic carbocycles. The van der Waals surface area contributed by atoms with Gasteiger partial charge in [0.05, 0.1) is 13.7 Å². The van der Waals surface area contributed by atoms with Gasteiger partial charge >= 0.3 is 19.5 Å². The number of esters is 2. The largest absolute Gasteiger partial charge is 0.467 e. The zero-order valence-corrected chi connectivity index (χ0v) is 12.6. The maximum atomic E-state index is 12.6. The van der Waals surface area contributed by atoms with E-state index in [2.05, 4.69) is 15.3 Å². The second-order valence-electron chi connectivity index (χ2n) is 3.78. The molecule has 0 fully saturated rings. The van der Waals surface area contributed by atoms with Crippen LogP contribution in [0.3, 0.4) is 0 Å². The predicted molar refractivity (Wildman–Crippen MR) is 68.2 cm³/mol. The van der Waals surface area contributed by atoms with Crippen LogP contribution in [0, 0.1) is 0 Å². The molecule has 114 valence electrons. The molecule has 1 rings (SSSR count). The molecule has 0 bridgehead atoms. The van der Waals surface area contributed by atoms with Crippen LogP contribution in [0.5, 0.6) is 0 Å². The van der Waals surface area contributed by atoms with E-state index in [0.29, 0.717) is 0 Å². The van der Waals surface area contributed by atoms with Crippen LogP contribution in [0.2, 0.25) is 0 Å². The lowest BCUT2D eigenvalue weighted by Gasteiger charge is -2.30. The molecule has 10 heteroatoms. The van der Waals surface area contributed by atoms with Crippen molar-refractivity contribution in [1.82, 2.24) is 5.43 Å². The van der Waals surface area contributed by atoms with E-state index in [-0.39, 0.29) is 18.7 Å². The Morgan fingerprint density at radius 2 is 1.95 bits per heavy atom. The standard InChI is InChI=1S/C10H17N2O7P/c1-5-19-8(13)7-6-10(12-11-7,9(14)16-2)20(15,17-3)18-4/h12H,5-6H2,1-4H3. The quantitative estimate of drug-likeness (QED) is 0.549. The van der Waals surface area contributed by atoms with Gasteiger partial charge in [-0.1, -0.05) is 0 Å². The molecular weight excluding hydrogens is 291 g/mol. The zero-order valence-electron chi connectivity index (χ0n) is 11.7. The molecule has 1 aliphatic rings.